The van der Waals surface area contributed by atoms with Gasteiger partial charge in [-0.3, -0.25) is 0 Å². The number of benzene rings is 1. The van der Waals surface area contributed by atoms with E-state index < -0.39 is 9.84 Å². The van der Waals surface area contributed by atoms with E-state index in [-0.39, 0.29) is 4.90 Å². The monoisotopic (exact) mass is 348 g/mol. The number of likely N-dealkylation sites (tertiary alicyclic amines) is 1. The van der Waals surface area contributed by atoms with E-state index in [1.807, 2.05) is 0 Å². The zero-order valence-electron chi connectivity index (χ0n) is 14.2. The van der Waals surface area contributed by atoms with Gasteiger partial charge in [0, 0.05) is 24.7 Å². The van der Waals surface area contributed by atoms with Gasteiger partial charge >= 0.3 is 0 Å². The van der Waals surface area contributed by atoms with Gasteiger partial charge < -0.3 is 10.2 Å². The first-order valence-corrected chi connectivity index (χ1v) is 10.2. The molecule has 0 bridgehead atoms. The van der Waals surface area contributed by atoms with Crippen molar-refractivity contribution in [1.29, 1.82) is 0 Å². The van der Waals surface area contributed by atoms with Crippen molar-refractivity contribution < 1.29 is 8.42 Å². The van der Waals surface area contributed by atoms with Crippen molar-refractivity contribution in [2.24, 2.45) is 5.92 Å². The van der Waals surface area contributed by atoms with E-state index >= 15 is 0 Å². The molecule has 1 aromatic carbocycles. The minimum absolute atomic E-state index is 0.290. The summed E-state index contributed by atoms with van der Waals surface area (Å²) >= 11 is 0. The second-order valence-corrected chi connectivity index (χ2v) is 8.68. The molecule has 1 fully saturated rings. The van der Waals surface area contributed by atoms with Crippen molar-refractivity contribution >= 4 is 26.6 Å². The summed E-state index contributed by atoms with van der Waals surface area (Å²) < 4.78 is 23.6. The quantitative estimate of drug-likeness (QED) is 0.862. The normalized spacial score (nSPS) is 17.2. The molecule has 24 heavy (non-hydrogen) atoms. The number of hydrogen-bond acceptors (Lipinski definition) is 6. The Balaban J connectivity index is 1.75. The summed E-state index contributed by atoms with van der Waals surface area (Å²) in [5.74, 6) is 1.19. The van der Waals surface area contributed by atoms with Crippen LogP contribution >= 0.6 is 0 Å². The highest BCUT2D eigenvalue weighted by atomic mass is 32.2. The molecule has 0 saturated carbocycles. The Kier molecular flexibility index (Phi) is 5.01. The summed E-state index contributed by atoms with van der Waals surface area (Å²) in [6.07, 6.45) is 5.31. The van der Waals surface area contributed by atoms with Crippen LogP contribution in [0, 0.1) is 5.92 Å². The predicted octanol–water partition coefficient (Wildman–Crippen LogP) is 2.18. The molecule has 0 spiro atoms. The SMILES string of the molecule is CC(CNc1ncnc2ccc(S(C)(=O)=O)cc12)CN1CCCC1. The van der Waals surface area contributed by atoms with Crippen LogP contribution in [0.1, 0.15) is 19.8 Å². The number of anilines is 1. The standard InChI is InChI=1S/C17H24N4O2S/c1-13(11-21-7-3-4-8-21)10-18-17-15-9-14(24(2,22)23)5-6-16(15)19-12-20-17/h5-6,9,12-13H,3-4,7-8,10-11H2,1-2H3,(H,18,19,20). The maximum atomic E-state index is 11.8. The van der Waals surface area contributed by atoms with Crippen LogP contribution < -0.4 is 5.32 Å². The highest BCUT2D eigenvalue weighted by molar-refractivity contribution is 7.90. The molecule has 1 aliphatic heterocycles. The Labute approximate surface area is 143 Å². The van der Waals surface area contributed by atoms with E-state index in [9.17, 15) is 8.42 Å². The number of rotatable bonds is 6. The van der Waals surface area contributed by atoms with Gasteiger partial charge in [-0.1, -0.05) is 6.92 Å². The second kappa shape index (κ2) is 7.03. The van der Waals surface area contributed by atoms with Gasteiger partial charge in [-0.15, -0.1) is 0 Å². The van der Waals surface area contributed by atoms with Gasteiger partial charge in [-0.05, 0) is 50.0 Å². The molecular weight excluding hydrogens is 324 g/mol. The molecule has 130 valence electrons. The molecule has 0 aliphatic carbocycles. The molecule has 1 unspecified atom stereocenters. The van der Waals surface area contributed by atoms with E-state index in [2.05, 4.69) is 27.1 Å². The van der Waals surface area contributed by atoms with Gasteiger partial charge in [-0.25, -0.2) is 18.4 Å². The Morgan fingerprint density at radius 1 is 1.25 bits per heavy atom. The van der Waals surface area contributed by atoms with Crippen molar-refractivity contribution in [3.63, 3.8) is 0 Å². The summed E-state index contributed by atoms with van der Waals surface area (Å²) in [6.45, 7) is 6.48. The third kappa shape index (κ3) is 4.02. The van der Waals surface area contributed by atoms with Crippen molar-refractivity contribution in [3.05, 3.63) is 24.5 Å². The fourth-order valence-corrected chi connectivity index (χ4v) is 3.80. The smallest absolute Gasteiger partial charge is 0.175 e. The Morgan fingerprint density at radius 3 is 2.71 bits per heavy atom. The molecule has 1 aromatic heterocycles. The maximum absolute atomic E-state index is 11.8. The molecule has 3 rings (SSSR count). The summed E-state index contributed by atoms with van der Waals surface area (Å²) in [4.78, 5) is 11.3. The molecule has 2 heterocycles. The average Bonchev–Trinajstić information content (AvgIpc) is 3.04. The first-order chi connectivity index (χ1) is 11.4. The van der Waals surface area contributed by atoms with E-state index in [1.165, 1.54) is 38.5 Å². The lowest BCUT2D eigenvalue weighted by atomic mass is 10.1. The second-order valence-electron chi connectivity index (χ2n) is 6.67. The van der Waals surface area contributed by atoms with Crippen molar-refractivity contribution in [3.8, 4) is 0 Å². The average molecular weight is 348 g/mol. The van der Waals surface area contributed by atoms with Crippen LogP contribution in [0.4, 0.5) is 5.82 Å². The molecule has 1 aliphatic rings. The van der Waals surface area contributed by atoms with Crippen LogP contribution in [0.25, 0.3) is 10.9 Å². The number of sulfone groups is 1. The van der Waals surface area contributed by atoms with Gasteiger partial charge in [0.15, 0.2) is 9.84 Å². The van der Waals surface area contributed by atoms with Gasteiger partial charge in [0.2, 0.25) is 0 Å². The Morgan fingerprint density at radius 2 is 2.00 bits per heavy atom. The van der Waals surface area contributed by atoms with Crippen LogP contribution in [-0.2, 0) is 9.84 Å². The van der Waals surface area contributed by atoms with E-state index in [0.29, 0.717) is 11.7 Å². The van der Waals surface area contributed by atoms with E-state index in [1.54, 1.807) is 18.2 Å². The van der Waals surface area contributed by atoms with Gasteiger partial charge in [0.1, 0.15) is 12.1 Å². The lowest BCUT2D eigenvalue weighted by Gasteiger charge is -2.21. The van der Waals surface area contributed by atoms with E-state index in [4.69, 9.17) is 0 Å². The number of fused-ring (bicyclic) bond motifs is 1. The first-order valence-electron chi connectivity index (χ1n) is 8.34. The maximum Gasteiger partial charge on any atom is 0.175 e. The van der Waals surface area contributed by atoms with Gasteiger partial charge in [-0.2, -0.15) is 0 Å². The third-order valence-electron chi connectivity index (χ3n) is 4.42. The summed E-state index contributed by atoms with van der Waals surface area (Å²) in [5.41, 5.74) is 0.743. The fourth-order valence-electron chi connectivity index (χ4n) is 3.15. The molecule has 6 nitrogen and oxygen atoms in total. The molecule has 7 heteroatoms. The van der Waals surface area contributed by atoms with Gasteiger partial charge in [0.25, 0.3) is 0 Å². The summed E-state index contributed by atoms with van der Waals surface area (Å²) in [7, 11) is -3.25. The minimum Gasteiger partial charge on any atom is -0.369 e. The molecule has 0 amide bonds. The highest BCUT2D eigenvalue weighted by Gasteiger charge is 2.15. The number of hydrogen-bond donors (Lipinski definition) is 1. The molecule has 1 saturated heterocycles. The minimum atomic E-state index is -3.25. The van der Waals surface area contributed by atoms with Gasteiger partial charge in [0.05, 0.1) is 10.4 Å². The third-order valence-corrected chi connectivity index (χ3v) is 5.53. The van der Waals surface area contributed by atoms with Crippen LogP contribution in [0.5, 0.6) is 0 Å². The molecule has 1 N–H and O–H groups in total. The molecule has 0 radical (unpaired) electrons. The van der Waals surface area contributed by atoms with E-state index in [0.717, 1.165) is 24.0 Å². The lowest BCUT2D eigenvalue weighted by Crippen LogP contribution is -2.29. The lowest BCUT2D eigenvalue weighted by molar-refractivity contribution is 0.294. The first kappa shape index (κ1) is 17.1. The fraction of sp³-hybridized carbons (Fsp3) is 0.529. The van der Waals surface area contributed by atoms with Crippen molar-refractivity contribution in [1.82, 2.24) is 14.9 Å². The van der Waals surface area contributed by atoms with Crippen LogP contribution in [0.15, 0.2) is 29.4 Å². The highest BCUT2D eigenvalue weighted by Crippen LogP contribution is 2.23. The largest absolute Gasteiger partial charge is 0.369 e. The summed E-state index contributed by atoms with van der Waals surface area (Å²) in [6, 6.07) is 4.97. The van der Waals surface area contributed by atoms with Crippen LogP contribution in [-0.4, -0.2) is 55.7 Å². The predicted molar refractivity (Wildman–Crippen MR) is 96.0 cm³/mol. The molecule has 1 atom stereocenters. The molecule has 2 aromatic rings. The number of aromatic nitrogens is 2. The number of nitrogens with zero attached hydrogens (tertiary/aromatic N) is 3. The zero-order chi connectivity index (χ0) is 17.2. The summed E-state index contributed by atoms with van der Waals surface area (Å²) in [5, 5.41) is 4.11. The van der Waals surface area contributed by atoms with Crippen LogP contribution in [0.2, 0.25) is 0 Å². The molecular formula is C17H24N4O2S. The van der Waals surface area contributed by atoms with Crippen molar-refractivity contribution in [2.75, 3.05) is 37.8 Å². The zero-order valence-corrected chi connectivity index (χ0v) is 15.0. The topological polar surface area (TPSA) is 75.2 Å². The van der Waals surface area contributed by atoms with Crippen LogP contribution in [0.3, 0.4) is 0 Å². The van der Waals surface area contributed by atoms with Crippen molar-refractivity contribution in [2.45, 2.75) is 24.7 Å². The Hall–Kier alpha value is -1.73. The number of nitrogens with one attached hydrogen (secondary N) is 1. The Bertz CT molecular complexity index is 816.